The van der Waals surface area contributed by atoms with Crippen molar-refractivity contribution in [1.29, 1.82) is 0 Å². The van der Waals surface area contributed by atoms with Crippen LogP contribution in [0, 0.1) is 13.8 Å². The maximum absolute atomic E-state index is 11.5. The van der Waals surface area contributed by atoms with E-state index in [0.717, 1.165) is 16.9 Å². The van der Waals surface area contributed by atoms with E-state index >= 15 is 0 Å². The molecule has 2 heterocycles. The van der Waals surface area contributed by atoms with E-state index in [1.807, 2.05) is 19.9 Å². The Hall–Kier alpha value is -1.64. The third kappa shape index (κ3) is 1.13. The Morgan fingerprint density at radius 1 is 1.23 bits per heavy atom. The van der Waals surface area contributed by atoms with Crippen LogP contribution in [0.15, 0.2) is 29.2 Å². The highest BCUT2D eigenvalue weighted by Crippen LogP contribution is 2.05. The second kappa shape index (κ2) is 2.69. The van der Waals surface area contributed by atoms with Crippen molar-refractivity contribution in [3.05, 3.63) is 46.0 Å². The number of hydrogen-bond donors (Lipinski definition) is 0. The molecule has 0 spiro atoms. The van der Waals surface area contributed by atoms with Gasteiger partial charge in [0.05, 0.1) is 0 Å². The van der Waals surface area contributed by atoms with Gasteiger partial charge in [-0.15, -0.1) is 0 Å². The molecule has 0 radical (unpaired) electrons. The van der Waals surface area contributed by atoms with Crippen LogP contribution >= 0.6 is 0 Å². The van der Waals surface area contributed by atoms with Crippen LogP contribution < -0.4 is 5.56 Å². The zero-order valence-electron chi connectivity index (χ0n) is 7.61. The predicted molar refractivity (Wildman–Crippen MR) is 50.9 cm³/mol. The topological polar surface area (TPSA) is 34.4 Å². The van der Waals surface area contributed by atoms with Crippen LogP contribution in [-0.2, 0) is 0 Å². The first-order valence-corrected chi connectivity index (χ1v) is 4.14. The van der Waals surface area contributed by atoms with Gasteiger partial charge in [-0.3, -0.25) is 9.20 Å². The Morgan fingerprint density at radius 2 is 2.00 bits per heavy atom. The highest BCUT2D eigenvalue weighted by molar-refractivity contribution is 5.46. The smallest absolute Gasteiger partial charge is 0.256 e. The molecule has 3 nitrogen and oxygen atoms in total. The monoisotopic (exact) mass is 174 g/mol. The molecule has 0 saturated heterocycles. The van der Waals surface area contributed by atoms with Gasteiger partial charge in [0.25, 0.3) is 5.56 Å². The first kappa shape index (κ1) is 7.98. The summed E-state index contributed by atoms with van der Waals surface area (Å²) < 4.78 is 1.62. The molecule has 66 valence electrons. The van der Waals surface area contributed by atoms with Crippen LogP contribution in [-0.4, -0.2) is 9.38 Å². The average Bonchev–Trinajstić information content (AvgIpc) is 2.12. The normalized spacial score (nSPS) is 10.6. The molecule has 2 aromatic rings. The lowest BCUT2D eigenvalue weighted by Gasteiger charge is -2.04. The van der Waals surface area contributed by atoms with Crippen LogP contribution in [0.2, 0.25) is 0 Å². The zero-order chi connectivity index (χ0) is 9.42. The summed E-state index contributed by atoms with van der Waals surface area (Å²) in [7, 11) is 0. The van der Waals surface area contributed by atoms with Crippen molar-refractivity contribution < 1.29 is 0 Å². The van der Waals surface area contributed by atoms with Crippen LogP contribution in [0.4, 0.5) is 0 Å². The van der Waals surface area contributed by atoms with Crippen molar-refractivity contribution in [2.45, 2.75) is 13.8 Å². The van der Waals surface area contributed by atoms with Gasteiger partial charge in [0.2, 0.25) is 0 Å². The molecule has 0 saturated carbocycles. The summed E-state index contributed by atoms with van der Waals surface area (Å²) in [5, 5.41) is 0. The number of aryl methyl sites for hydroxylation is 2. The molecule has 0 aliphatic heterocycles. The van der Waals surface area contributed by atoms with E-state index in [-0.39, 0.29) is 5.56 Å². The molecule has 0 N–H and O–H groups in total. The summed E-state index contributed by atoms with van der Waals surface area (Å²) in [4.78, 5) is 15.6. The molecule has 3 heteroatoms. The van der Waals surface area contributed by atoms with Gasteiger partial charge >= 0.3 is 0 Å². The summed E-state index contributed by atoms with van der Waals surface area (Å²) in [6.07, 6.45) is 1.72. The first-order chi connectivity index (χ1) is 6.20. The zero-order valence-corrected chi connectivity index (χ0v) is 7.61. The minimum atomic E-state index is -0.0220. The number of rotatable bonds is 0. The molecule has 0 amide bonds. The van der Waals surface area contributed by atoms with Crippen LogP contribution in [0.3, 0.4) is 0 Å². The lowest BCUT2D eigenvalue weighted by Crippen LogP contribution is -2.15. The van der Waals surface area contributed by atoms with Crippen molar-refractivity contribution in [3.63, 3.8) is 0 Å². The molecule has 0 unspecified atom stereocenters. The van der Waals surface area contributed by atoms with Crippen molar-refractivity contribution in [3.8, 4) is 0 Å². The van der Waals surface area contributed by atoms with Gasteiger partial charge in [0.1, 0.15) is 5.65 Å². The maximum Gasteiger partial charge on any atom is 0.256 e. The number of aromatic nitrogens is 2. The van der Waals surface area contributed by atoms with Crippen molar-refractivity contribution in [2.75, 3.05) is 0 Å². The lowest BCUT2D eigenvalue weighted by atomic mass is 10.3. The fraction of sp³-hybridized carbons (Fsp3) is 0.200. The van der Waals surface area contributed by atoms with Gasteiger partial charge in [-0.1, -0.05) is 6.07 Å². The Kier molecular flexibility index (Phi) is 1.65. The second-order valence-corrected chi connectivity index (χ2v) is 3.10. The fourth-order valence-electron chi connectivity index (χ4n) is 1.42. The molecule has 0 aliphatic rings. The van der Waals surface area contributed by atoms with Gasteiger partial charge in [-0.25, -0.2) is 4.98 Å². The molecule has 2 aromatic heterocycles. The van der Waals surface area contributed by atoms with E-state index in [0.29, 0.717) is 0 Å². The van der Waals surface area contributed by atoms with E-state index in [1.165, 1.54) is 0 Å². The van der Waals surface area contributed by atoms with Crippen LogP contribution in [0.25, 0.3) is 5.65 Å². The Labute approximate surface area is 75.7 Å². The van der Waals surface area contributed by atoms with Crippen molar-refractivity contribution >= 4 is 5.65 Å². The van der Waals surface area contributed by atoms with Crippen molar-refractivity contribution in [2.24, 2.45) is 0 Å². The maximum atomic E-state index is 11.5. The molecular weight excluding hydrogens is 164 g/mol. The van der Waals surface area contributed by atoms with E-state index in [1.54, 1.807) is 22.7 Å². The van der Waals surface area contributed by atoms with E-state index < -0.39 is 0 Å². The van der Waals surface area contributed by atoms with Crippen molar-refractivity contribution in [1.82, 2.24) is 9.38 Å². The van der Waals surface area contributed by atoms with E-state index in [9.17, 15) is 4.79 Å². The average molecular weight is 174 g/mol. The molecule has 0 atom stereocenters. The molecule has 2 rings (SSSR count). The molecule has 13 heavy (non-hydrogen) atoms. The molecule has 0 fully saturated rings. The quantitative estimate of drug-likeness (QED) is 0.603. The van der Waals surface area contributed by atoms with Gasteiger partial charge in [0, 0.05) is 18.0 Å². The predicted octanol–water partition coefficient (Wildman–Crippen LogP) is 1.31. The Bertz CT molecular complexity index is 514. The summed E-state index contributed by atoms with van der Waals surface area (Å²) in [6, 6.07) is 5.19. The van der Waals surface area contributed by atoms with Gasteiger partial charge < -0.3 is 0 Å². The minimum Gasteiger partial charge on any atom is -0.269 e. The number of pyridine rings is 1. The third-order valence-corrected chi connectivity index (χ3v) is 2.13. The second-order valence-electron chi connectivity index (χ2n) is 3.10. The number of hydrogen-bond acceptors (Lipinski definition) is 2. The largest absolute Gasteiger partial charge is 0.269 e. The minimum absolute atomic E-state index is 0.0220. The summed E-state index contributed by atoms with van der Waals surface area (Å²) >= 11 is 0. The van der Waals surface area contributed by atoms with Crippen LogP contribution in [0.5, 0.6) is 0 Å². The standard InChI is InChI=1S/C10H10N2O/c1-7-3-4-9(13)12-8(2)5-6-11-10(7)12/h3-6H,1-2H3. The fourth-order valence-corrected chi connectivity index (χ4v) is 1.42. The highest BCUT2D eigenvalue weighted by Gasteiger charge is 2.01. The van der Waals surface area contributed by atoms with Crippen LogP contribution in [0.1, 0.15) is 11.3 Å². The first-order valence-electron chi connectivity index (χ1n) is 4.14. The number of nitrogens with zero attached hydrogens (tertiary/aromatic N) is 2. The molecular formula is C10H10N2O. The number of fused-ring (bicyclic) bond motifs is 1. The van der Waals surface area contributed by atoms with Gasteiger partial charge in [-0.05, 0) is 25.5 Å². The summed E-state index contributed by atoms with van der Waals surface area (Å²) in [5.74, 6) is 0. The lowest BCUT2D eigenvalue weighted by molar-refractivity contribution is 0.980. The third-order valence-electron chi connectivity index (χ3n) is 2.13. The van der Waals surface area contributed by atoms with E-state index in [4.69, 9.17) is 0 Å². The Balaban J connectivity index is 3.09. The molecule has 0 aliphatic carbocycles. The SMILES string of the molecule is Cc1ccc(=O)n2c(C)ccnc12. The molecule has 0 aromatic carbocycles. The Morgan fingerprint density at radius 3 is 2.69 bits per heavy atom. The molecule has 0 bridgehead atoms. The highest BCUT2D eigenvalue weighted by atomic mass is 16.1. The summed E-state index contributed by atoms with van der Waals surface area (Å²) in [6.45, 7) is 3.84. The van der Waals surface area contributed by atoms with Gasteiger partial charge in [0.15, 0.2) is 0 Å². The van der Waals surface area contributed by atoms with Gasteiger partial charge in [-0.2, -0.15) is 0 Å². The van der Waals surface area contributed by atoms with E-state index in [2.05, 4.69) is 4.98 Å². The summed E-state index contributed by atoms with van der Waals surface area (Å²) in [5.41, 5.74) is 2.65.